The van der Waals surface area contributed by atoms with Crippen molar-refractivity contribution in [3.05, 3.63) is 149 Å². The molecule has 1 heterocycles. The Balaban J connectivity index is 1.70. The number of nitrogens with zero attached hydrogens (tertiary/aromatic N) is 1. The highest BCUT2D eigenvalue weighted by atomic mass is 14.7. The molecule has 0 amide bonds. The standard InChI is InChI=1S/C33H25N/c1-32(2)25-15-5-7-17-27(25)33(28-18-8-6-16-26(28)32)24-14-4-3-12-22(24)31-23(13-11-19-29(31)33)30-20-9-10-21-34-30/h3-21H,1-2H3. The van der Waals surface area contributed by atoms with Gasteiger partial charge in [0.2, 0.25) is 0 Å². The summed E-state index contributed by atoms with van der Waals surface area (Å²) >= 11 is 0. The zero-order valence-electron chi connectivity index (χ0n) is 19.4. The highest BCUT2D eigenvalue weighted by Crippen LogP contribution is 2.63. The van der Waals surface area contributed by atoms with Crippen molar-refractivity contribution in [2.75, 3.05) is 0 Å². The molecule has 0 unspecified atom stereocenters. The van der Waals surface area contributed by atoms with Crippen LogP contribution in [-0.4, -0.2) is 4.98 Å². The van der Waals surface area contributed by atoms with Gasteiger partial charge in [-0.3, -0.25) is 4.98 Å². The predicted molar refractivity (Wildman–Crippen MR) is 139 cm³/mol. The van der Waals surface area contributed by atoms with E-state index in [0.717, 1.165) is 5.69 Å². The Kier molecular flexibility index (Phi) is 3.88. The van der Waals surface area contributed by atoms with Crippen LogP contribution in [0.1, 0.15) is 47.2 Å². The zero-order chi connectivity index (χ0) is 22.9. The highest BCUT2D eigenvalue weighted by Gasteiger charge is 2.53. The maximum atomic E-state index is 4.74. The van der Waals surface area contributed by atoms with Gasteiger partial charge in [-0.15, -0.1) is 0 Å². The molecule has 2 aliphatic rings. The Morgan fingerprint density at radius 1 is 0.471 bits per heavy atom. The fourth-order valence-electron chi connectivity index (χ4n) is 6.64. The second-order valence-electron chi connectivity index (χ2n) is 9.95. The molecule has 1 aromatic heterocycles. The van der Waals surface area contributed by atoms with Gasteiger partial charge in [-0.25, -0.2) is 0 Å². The van der Waals surface area contributed by atoms with Gasteiger partial charge in [0.15, 0.2) is 0 Å². The molecule has 0 N–H and O–H groups in total. The van der Waals surface area contributed by atoms with E-state index >= 15 is 0 Å². The van der Waals surface area contributed by atoms with Crippen LogP contribution in [0.2, 0.25) is 0 Å². The first-order valence-corrected chi connectivity index (χ1v) is 12.0. The van der Waals surface area contributed by atoms with Crippen LogP contribution in [0.5, 0.6) is 0 Å². The Labute approximate surface area is 200 Å². The first-order valence-electron chi connectivity index (χ1n) is 12.0. The lowest BCUT2D eigenvalue weighted by Gasteiger charge is -2.46. The molecule has 1 heteroatoms. The van der Waals surface area contributed by atoms with Crippen LogP contribution in [0.3, 0.4) is 0 Å². The van der Waals surface area contributed by atoms with Gasteiger partial charge in [0.1, 0.15) is 0 Å². The second-order valence-corrected chi connectivity index (χ2v) is 9.95. The Bertz CT molecular complexity index is 1530. The average molecular weight is 436 g/mol. The summed E-state index contributed by atoms with van der Waals surface area (Å²) in [4.78, 5) is 4.74. The number of benzene rings is 4. The molecule has 34 heavy (non-hydrogen) atoms. The van der Waals surface area contributed by atoms with Crippen LogP contribution < -0.4 is 0 Å². The Morgan fingerprint density at radius 2 is 1.00 bits per heavy atom. The minimum Gasteiger partial charge on any atom is -0.256 e. The molecule has 5 aromatic rings. The van der Waals surface area contributed by atoms with E-state index in [0.29, 0.717) is 0 Å². The normalized spacial score (nSPS) is 15.8. The van der Waals surface area contributed by atoms with E-state index in [2.05, 4.69) is 117 Å². The van der Waals surface area contributed by atoms with Gasteiger partial charge in [0.25, 0.3) is 0 Å². The van der Waals surface area contributed by atoms with Crippen molar-refractivity contribution >= 4 is 0 Å². The maximum Gasteiger partial charge on any atom is 0.0719 e. The molecule has 1 spiro atoms. The molecule has 0 saturated carbocycles. The van der Waals surface area contributed by atoms with Crippen molar-refractivity contribution in [3.63, 3.8) is 0 Å². The summed E-state index contributed by atoms with van der Waals surface area (Å²) < 4.78 is 0. The summed E-state index contributed by atoms with van der Waals surface area (Å²) in [6, 6.07) is 40.1. The lowest BCUT2D eigenvalue weighted by molar-refractivity contribution is 0.563. The summed E-state index contributed by atoms with van der Waals surface area (Å²) in [5, 5.41) is 0. The van der Waals surface area contributed by atoms with Gasteiger partial charge >= 0.3 is 0 Å². The fourth-order valence-corrected chi connectivity index (χ4v) is 6.64. The molecular formula is C33H25N. The first kappa shape index (κ1) is 19.5. The molecule has 7 rings (SSSR count). The van der Waals surface area contributed by atoms with Gasteiger partial charge in [0, 0.05) is 17.2 Å². The van der Waals surface area contributed by atoms with E-state index in [1.54, 1.807) is 0 Å². The molecule has 0 bridgehead atoms. The number of hydrogen-bond acceptors (Lipinski definition) is 1. The van der Waals surface area contributed by atoms with E-state index in [4.69, 9.17) is 4.98 Å². The minimum atomic E-state index is -0.348. The quantitative estimate of drug-likeness (QED) is 0.257. The van der Waals surface area contributed by atoms with Crippen molar-refractivity contribution < 1.29 is 0 Å². The smallest absolute Gasteiger partial charge is 0.0719 e. The van der Waals surface area contributed by atoms with Crippen molar-refractivity contribution in [2.24, 2.45) is 0 Å². The van der Waals surface area contributed by atoms with E-state index < -0.39 is 0 Å². The van der Waals surface area contributed by atoms with Gasteiger partial charge in [0.05, 0.1) is 11.1 Å². The minimum absolute atomic E-state index is 0.0747. The molecule has 1 nitrogen and oxygen atoms in total. The van der Waals surface area contributed by atoms with Crippen LogP contribution in [0.25, 0.3) is 22.4 Å². The van der Waals surface area contributed by atoms with Crippen LogP contribution in [0.15, 0.2) is 115 Å². The van der Waals surface area contributed by atoms with Crippen LogP contribution in [-0.2, 0) is 10.8 Å². The molecule has 0 saturated heterocycles. The zero-order valence-corrected chi connectivity index (χ0v) is 19.4. The Morgan fingerprint density at radius 3 is 1.65 bits per heavy atom. The summed E-state index contributed by atoms with van der Waals surface area (Å²) in [5.41, 5.74) is 12.7. The summed E-state index contributed by atoms with van der Waals surface area (Å²) in [6.07, 6.45) is 1.89. The molecule has 2 aliphatic carbocycles. The predicted octanol–water partition coefficient (Wildman–Crippen LogP) is 7.75. The summed E-state index contributed by atoms with van der Waals surface area (Å²) in [6.45, 7) is 4.73. The molecule has 4 aromatic carbocycles. The van der Waals surface area contributed by atoms with E-state index in [1.807, 2.05) is 12.3 Å². The average Bonchev–Trinajstić information content (AvgIpc) is 3.20. The first-order chi connectivity index (χ1) is 16.6. The third kappa shape index (κ3) is 2.27. The third-order valence-corrected chi connectivity index (χ3v) is 8.02. The largest absolute Gasteiger partial charge is 0.256 e. The van der Waals surface area contributed by atoms with Gasteiger partial charge in [-0.05, 0) is 56.6 Å². The number of aromatic nitrogens is 1. The SMILES string of the molecule is CC1(C)c2ccccc2C2(c3ccccc3-c3c(-c4ccccn4)cccc32)c2ccccc21. The van der Waals surface area contributed by atoms with Crippen LogP contribution in [0.4, 0.5) is 0 Å². The topological polar surface area (TPSA) is 12.9 Å². The number of fused-ring (bicyclic) bond motifs is 9. The van der Waals surface area contributed by atoms with E-state index in [-0.39, 0.29) is 10.8 Å². The fraction of sp³-hybridized carbons (Fsp3) is 0.121. The maximum absolute atomic E-state index is 4.74. The van der Waals surface area contributed by atoms with Crippen molar-refractivity contribution in [3.8, 4) is 22.4 Å². The number of rotatable bonds is 1. The van der Waals surface area contributed by atoms with Gasteiger partial charge in [-0.2, -0.15) is 0 Å². The van der Waals surface area contributed by atoms with E-state index in [1.165, 1.54) is 50.1 Å². The van der Waals surface area contributed by atoms with Crippen LogP contribution in [0, 0.1) is 0 Å². The molecule has 0 radical (unpaired) electrons. The lowest BCUT2D eigenvalue weighted by atomic mass is 9.55. The molecular weight excluding hydrogens is 410 g/mol. The highest BCUT2D eigenvalue weighted by molar-refractivity contribution is 5.95. The van der Waals surface area contributed by atoms with Gasteiger partial charge < -0.3 is 0 Å². The molecule has 0 atom stereocenters. The van der Waals surface area contributed by atoms with E-state index in [9.17, 15) is 0 Å². The molecule has 0 aliphatic heterocycles. The third-order valence-electron chi connectivity index (χ3n) is 8.02. The number of hydrogen-bond donors (Lipinski definition) is 0. The van der Waals surface area contributed by atoms with Crippen molar-refractivity contribution in [1.82, 2.24) is 4.98 Å². The Hall–Kier alpha value is -3.97. The monoisotopic (exact) mass is 435 g/mol. The summed E-state index contributed by atoms with van der Waals surface area (Å²) in [7, 11) is 0. The van der Waals surface area contributed by atoms with Gasteiger partial charge in [-0.1, -0.05) is 111 Å². The summed E-state index contributed by atoms with van der Waals surface area (Å²) in [5.74, 6) is 0. The number of pyridine rings is 1. The van der Waals surface area contributed by atoms with Crippen molar-refractivity contribution in [2.45, 2.75) is 24.7 Å². The molecule has 0 fully saturated rings. The van der Waals surface area contributed by atoms with Crippen LogP contribution >= 0.6 is 0 Å². The second kappa shape index (κ2) is 6.77. The lowest BCUT2D eigenvalue weighted by Crippen LogP contribution is -2.40. The van der Waals surface area contributed by atoms with Crippen molar-refractivity contribution in [1.29, 1.82) is 0 Å². The molecule has 162 valence electrons.